The van der Waals surface area contributed by atoms with E-state index in [0.717, 1.165) is 25.7 Å². The van der Waals surface area contributed by atoms with E-state index in [1.54, 1.807) is 6.08 Å². The van der Waals surface area contributed by atoms with Crippen molar-refractivity contribution in [2.75, 3.05) is 0 Å². The highest BCUT2D eigenvalue weighted by Crippen LogP contribution is 2.66. The summed E-state index contributed by atoms with van der Waals surface area (Å²) >= 11 is 0. The van der Waals surface area contributed by atoms with Crippen LogP contribution in [0.3, 0.4) is 0 Å². The zero-order valence-electron chi connectivity index (χ0n) is 14.7. The number of hydrogen-bond donors (Lipinski definition) is 1. The first-order valence-corrected chi connectivity index (χ1v) is 9.04. The quantitative estimate of drug-likeness (QED) is 0.546. The Bertz CT molecular complexity index is 754. The highest BCUT2D eigenvalue weighted by Gasteiger charge is 2.64. The Morgan fingerprint density at radius 2 is 2.12 bits per heavy atom. The highest BCUT2D eigenvalue weighted by molar-refractivity contribution is 6.01. The fourth-order valence-electron chi connectivity index (χ4n) is 6.10. The Kier molecular flexibility index (Phi) is 3.10. The lowest BCUT2D eigenvalue weighted by atomic mass is 9.52. The highest BCUT2D eigenvalue weighted by atomic mass is 16.3. The molecule has 0 heterocycles. The van der Waals surface area contributed by atoms with Gasteiger partial charge in [-0.05, 0) is 62.5 Å². The molecule has 0 aromatic rings. The number of carbonyl (C=O) groups is 1. The van der Waals surface area contributed by atoms with Crippen LogP contribution in [0.1, 0.15) is 46.5 Å². The van der Waals surface area contributed by atoms with Crippen LogP contribution in [-0.4, -0.2) is 16.5 Å². The second-order valence-corrected chi connectivity index (χ2v) is 8.66. The van der Waals surface area contributed by atoms with Gasteiger partial charge in [0.15, 0.2) is 11.4 Å². The summed E-state index contributed by atoms with van der Waals surface area (Å²) in [5, 5.41) is 20.8. The van der Waals surface area contributed by atoms with E-state index in [9.17, 15) is 15.2 Å². The van der Waals surface area contributed by atoms with Gasteiger partial charge in [-0.15, -0.1) is 0 Å². The predicted molar refractivity (Wildman–Crippen MR) is 91.7 cm³/mol. The van der Waals surface area contributed by atoms with Crippen LogP contribution >= 0.6 is 0 Å². The van der Waals surface area contributed by atoms with Gasteiger partial charge in [0.1, 0.15) is 0 Å². The molecule has 4 aliphatic rings. The second kappa shape index (κ2) is 4.70. The largest absolute Gasteiger partial charge is 0.374 e. The molecular weight excluding hydrogens is 298 g/mol. The van der Waals surface area contributed by atoms with E-state index in [1.807, 2.05) is 13.0 Å². The average Bonchev–Trinajstić information content (AvgIpc) is 2.76. The van der Waals surface area contributed by atoms with Crippen LogP contribution in [0.2, 0.25) is 0 Å². The Balaban J connectivity index is 1.81. The molecule has 0 aliphatic heterocycles. The van der Waals surface area contributed by atoms with E-state index in [4.69, 9.17) is 0 Å². The van der Waals surface area contributed by atoms with Crippen molar-refractivity contribution in [3.8, 4) is 6.07 Å². The van der Waals surface area contributed by atoms with Crippen LogP contribution in [0.5, 0.6) is 0 Å². The van der Waals surface area contributed by atoms with Gasteiger partial charge >= 0.3 is 0 Å². The lowest BCUT2D eigenvalue weighted by molar-refractivity contribution is -0.110. The van der Waals surface area contributed by atoms with E-state index in [0.29, 0.717) is 11.8 Å². The molecule has 0 saturated heterocycles. The van der Waals surface area contributed by atoms with Crippen LogP contribution in [-0.2, 0) is 4.79 Å². The molecule has 0 radical (unpaired) electrons. The molecule has 4 aliphatic carbocycles. The molecule has 0 unspecified atom stereocenters. The standard InChI is InChI=1S/C21H25NO2/c1-13-10-18-16-5-4-14-11-15(23)6-8-19(14,2)17(16)7-9-20(18,3)21(13,24)12-22/h6-8,11,13,16,18,24H,4-5,9-10H2,1-3H3/t13-,16+,18-,19-,20-,21+/m0/s1. The summed E-state index contributed by atoms with van der Waals surface area (Å²) in [4.78, 5) is 11.8. The summed E-state index contributed by atoms with van der Waals surface area (Å²) < 4.78 is 0. The maximum absolute atomic E-state index is 11.8. The number of allylic oxidation sites excluding steroid dienone is 6. The van der Waals surface area contributed by atoms with E-state index >= 15 is 0 Å². The van der Waals surface area contributed by atoms with Crippen LogP contribution in [0.15, 0.2) is 35.5 Å². The minimum absolute atomic E-state index is 0.00142. The maximum Gasteiger partial charge on any atom is 0.178 e. The van der Waals surface area contributed by atoms with Crippen molar-refractivity contribution in [3.63, 3.8) is 0 Å². The fourth-order valence-corrected chi connectivity index (χ4v) is 6.10. The summed E-state index contributed by atoms with van der Waals surface area (Å²) in [7, 11) is 0. The normalized spacial score (nSPS) is 49.5. The summed E-state index contributed by atoms with van der Waals surface area (Å²) in [6.45, 7) is 6.34. The van der Waals surface area contributed by atoms with Crippen molar-refractivity contribution in [3.05, 3.63) is 35.5 Å². The number of nitriles is 1. The summed E-state index contributed by atoms with van der Waals surface area (Å²) in [5.41, 5.74) is 0.855. The molecule has 0 amide bonds. The van der Waals surface area contributed by atoms with Crippen molar-refractivity contribution in [2.45, 2.75) is 52.1 Å². The molecule has 6 atom stereocenters. The lowest BCUT2D eigenvalue weighted by Gasteiger charge is -2.52. The number of nitrogens with zero attached hydrogens (tertiary/aromatic N) is 1. The third-order valence-electron chi connectivity index (χ3n) is 7.70. The van der Waals surface area contributed by atoms with E-state index in [2.05, 4.69) is 32.1 Å². The van der Waals surface area contributed by atoms with Gasteiger partial charge in [0.25, 0.3) is 0 Å². The second-order valence-electron chi connectivity index (χ2n) is 8.66. The molecule has 2 fully saturated rings. The number of ketones is 1. The van der Waals surface area contributed by atoms with Gasteiger partial charge in [-0.25, -0.2) is 0 Å². The van der Waals surface area contributed by atoms with Crippen LogP contribution < -0.4 is 0 Å². The van der Waals surface area contributed by atoms with Crippen LogP contribution in [0.25, 0.3) is 0 Å². The van der Waals surface area contributed by atoms with E-state index < -0.39 is 5.60 Å². The molecule has 24 heavy (non-hydrogen) atoms. The molecule has 126 valence electrons. The lowest BCUT2D eigenvalue weighted by Crippen LogP contribution is -2.51. The van der Waals surface area contributed by atoms with Gasteiger partial charge in [0.2, 0.25) is 0 Å². The van der Waals surface area contributed by atoms with Crippen molar-refractivity contribution < 1.29 is 9.90 Å². The average molecular weight is 323 g/mol. The van der Waals surface area contributed by atoms with E-state index in [-0.39, 0.29) is 22.5 Å². The molecule has 0 aromatic heterocycles. The molecular formula is C21H25NO2. The first-order chi connectivity index (χ1) is 11.3. The summed E-state index contributed by atoms with van der Waals surface area (Å²) in [6.07, 6.45) is 11.4. The zero-order valence-corrected chi connectivity index (χ0v) is 14.7. The first kappa shape index (κ1) is 15.8. The first-order valence-electron chi connectivity index (χ1n) is 9.04. The summed E-state index contributed by atoms with van der Waals surface area (Å²) in [5.74, 6) is 0.823. The zero-order chi connectivity index (χ0) is 17.3. The van der Waals surface area contributed by atoms with Crippen molar-refractivity contribution >= 4 is 5.78 Å². The third-order valence-corrected chi connectivity index (χ3v) is 7.70. The van der Waals surface area contributed by atoms with Crippen molar-refractivity contribution in [1.29, 1.82) is 5.26 Å². The third kappa shape index (κ3) is 1.68. The maximum atomic E-state index is 11.8. The molecule has 2 saturated carbocycles. The molecule has 3 heteroatoms. The molecule has 0 bridgehead atoms. The predicted octanol–water partition coefficient (Wildman–Crippen LogP) is 3.72. The molecule has 3 nitrogen and oxygen atoms in total. The van der Waals surface area contributed by atoms with Gasteiger partial charge < -0.3 is 5.11 Å². The van der Waals surface area contributed by atoms with Gasteiger partial charge in [-0.1, -0.05) is 37.1 Å². The number of aliphatic hydroxyl groups is 1. The number of rotatable bonds is 0. The van der Waals surface area contributed by atoms with Gasteiger partial charge in [0, 0.05) is 10.8 Å². The Hall–Kier alpha value is -1.66. The topological polar surface area (TPSA) is 61.1 Å². The minimum atomic E-state index is -1.24. The van der Waals surface area contributed by atoms with Gasteiger partial charge in [0.05, 0.1) is 6.07 Å². The number of fused-ring (bicyclic) bond motifs is 5. The SMILES string of the molecule is C[C@H]1C[C@H]2[C@@H]3CCC4=CC(=O)C=C[C@]4(C)C3=CC[C@]2(C)[C@@]1(O)C#N. The van der Waals surface area contributed by atoms with Crippen LogP contribution in [0.4, 0.5) is 0 Å². The molecule has 1 N–H and O–H groups in total. The van der Waals surface area contributed by atoms with Gasteiger partial charge in [-0.2, -0.15) is 5.26 Å². The Labute approximate surface area is 143 Å². The monoisotopic (exact) mass is 323 g/mol. The Morgan fingerprint density at radius 1 is 1.38 bits per heavy atom. The Morgan fingerprint density at radius 3 is 2.83 bits per heavy atom. The molecule has 0 spiro atoms. The number of hydrogen-bond acceptors (Lipinski definition) is 3. The van der Waals surface area contributed by atoms with Gasteiger partial charge in [-0.3, -0.25) is 4.79 Å². The van der Waals surface area contributed by atoms with Crippen molar-refractivity contribution in [1.82, 2.24) is 0 Å². The smallest absolute Gasteiger partial charge is 0.178 e. The van der Waals surface area contributed by atoms with E-state index in [1.165, 1.54) is 11.1 Å². The van der Waals surface area contributed by atoms with Crippen molar-refractivity contribution in [2.24, 2.45) is 28.6 Å². The van der Waals surface area contributed by atoms with Crippen LogP contribution in [0, 0.1) is 39.9 Å². The summed E-state index contributed by atoms with van der Waals surface area (Å²) in [6, 6.07) is 2.25. The number of carbonyl (C=O) groups excluding carboxylic acids is 1. The fraction of sp³-hybridized carbons (Fsp3) is 0.619. The molecule has 0 aromatic carbocycles. The minimum Gasteiger partial charge on any atom is -0.374 e. The molecule has 4 rings (SSSR count).